The Morgan fingerprint density at radius 2 is 1.70 bits per heavy atom. The van der Waals surface area contributed by atoms with Crippen LogP contribution in [0.3, 0.4) is 0 Å². The molecule has 110 valence electrons. The third-order valence-electron chi connectivity index (χ3n) is 3.88. The molecule has 1 N–H and O–H groups in total. The minimum atomic E-state index is 0.105. The normalized spacial score (nSPS) is 16.7. The Labute approximate surface area is 130 Å². The van der Waals surface area contributed by atoms with E-state index in [-0.39, 0.29) is 5.91 Å². The summed E-state index contributed by atoms with van der Waals surface area (Å²) in [6, 6.07) is 5.80. The first-order valence-corrected chi connectivity index (χ1v) is 8.14. The topological polar surface area (TPSA) is 29.1 Å². The lowest BCUT2D eigenvalue weighted by Gasteiger charge is -2.16. The fourth-order valence-corrected chi connectivity index (χ4v) is 3.32. The van der Waals surface area contributed by atoms with Gasteiger partial charge in [-0.2, -0.15) is 0 Å². The Kier molecular flexibility index (Phi) is 6.18. The molecule has 0 atom stereocenters. The van der Waals surface area contributed by atoms with Crippen LogP contribution < -0.4 is 5.32 Å². The van der Waals surface area contributed by atoms with Gasteiger partial charge in [0.15, 0.2) is 0 Å². The van der Waals surface area contributed by atoms with Crippen molar-refractivity contribution in [3.63, 3.8) is 0 Å². The van der Waals surface area contributed by atoms with Gasteiger partial charge in [0.2, 0.25) is 5.91 Å². The molecular formula is C16H21Cl2NO. The maximum absolute atomic E-state index is 12.0. The Hall–Kier alpha value is -0.730. The van der Waals surface area contributed by atoms with Crippen molar-refractivity contribution >= 4 is 29.1 Å². The molecule has 0 radical (unpaired) electrons. The predicted molar refractivity (Wildman–Crippen MR) is 84.4 cm³/mol. The molecule has 20 heavy (non-hydrogen) atoms. The number of carbonyl (C=O) groups is 1. The van der Waals surface area contributed by atoms with Crippen LogP contribution in [0.2, 0.25) is 10.0 Å². The number of nitrogens with one attached hydrogen (secondary N) is 1. The summed E-state index contributed by atoms with van der Waals surface area (Å²) in [5.74, 6) is 0.105. The quantitative estimate of drug-likeness (QED) is 0.797. The van der Waals surface area contributed by atoms with Gasteiger partial charge in [0.05, 0.1) is 0 Å². The fourth-order valence-electron chi connectivity index (χ4n) is 2.73. The number of carbonyl (C=O) groups excluding carboxylic acids is 1. The van der Waals surface area contributed by atoms with E-state index in [1.807, 2.05) is 18.2 Å². The average Bonchev–Trinajstić information content (AvgIpc) is 2.67. The van der Waals surface area contributed by atoms with Crippen molar-refractivity contribution in [2.75, 3.05) is 0 Å². The second-order valence-corrected chi connectivity index (χ2v) is 6.27. The van der Waals surface area contributed by atoms with Crippen LogP contribution >= 0.6 is 23.2 Å². The summed E-state index contributed by atoms with van der Waals surface area (Å²) in [4.78, 5) is 12.0. The van der Waals surface area contributed by atoms with Crippen molar-refractivity contribution in [3.8, 4) is 0 Å². The fraction of sp³-hybridized carbons (Fsp3) is 0.562. The van der Waals surface area contributed by atoms with E-state index in [0.29, 0.717) is 28.9 Å². The molecule has 1 fully saturated rings. The molecule has 4 heteroatoms. The molecule has 0 spiro atoms. The second kappa shape index (κ2) is 7.90. The van der Waals surface area contributed by atoms with E-state index in [4.69, 9.17) is 23.2 Å². The molecule has 0 heterocycles. The van der Waals surface area contributed by atoms with Crippen LogP contribution in [0.1, 0.15) is 50.5 Å². The smallest absolute Gasteiger partial charge is 0.220 e. The van der Waals surface area contributed by atoms with Crippen molar-refractivity contribution in [3.05, 3.63) is 33.8 Å². The number of hydrogen-bond acceptors (Lipinski definition) is 1. The van der Waals surface area contributed by atoms with E-state index in [1.54, 1.807) is 0 Å². The van der Waals surface area contributed by atoms with Crippen molar-refractivity contribution in [2.45, 2.75) is 57.4 Å². The van der Waals surface area contributed by atoms with Crippen LogP contribution in [0.25, 0.3) is 0 Å². The highest BCUT2D eigenvalue weighted by Crippen LogP contribution is 2.25. The molecule has 0 unspecified atom stereocenters. The standard InChI is InChI=1S/C16H21Cl2NO/c17-14-8-5-9-15(18)13(14)10-11-16(20)19-12-6-3-1-2-4-7-12/h5,8-9,12H,1-4,6-7,10-11H2,(H,19,20). The predicted octanol–water partition coefficient (Wildman–Crippen LogP) is 4.77. The van der Waals surface area contributed by atoms with E-state index in [9.17, 15) is 4.79 Å². The lowest BCUT2D eigenvalue weighted by Crippen LogP contribution is -2.34. The van der Waals surface area contributed by atoms with Crippen LogP contribution in [0.4, 0.5) is 0 Å². The Balaban J connectivity index is 1.82. The maximum atomic E-state index is 12.0. The zero-order chi connectivity index (χ0) is 14.4. The third-order valence-corrected chi connectivity index (χ3v) is 4.59. The molecule has 2 nitrogen and oxygen atoms in total. The lowest BCUT2D eigenvalue weighted by atomic mass is 10.1. The Morgan fingerprint density at radius 1 is 1.10 bits per heavy atom. The van der Waals surface area contributed by atoms with Gasteiger partial charge < -0.3 is 5.32 Å². The summed E-state index contributed by atoms with van der Waals surface area (Å²) in [7, 11) is 0. The van der Waals surface area contributed by atoms with E-state index < -0.39 is 0 Å². The number of hydrogen-bond donors (Lipinski definition) is 1. The minimum Gasteiger partial charge on any atom is -0.353 e. The van der Waals surface area contributed by atoms with Crippen molar-refractivity contribution in [1.82, 2.24) is 5.32 Å². The van der Waals surface area contributed by atoms with Gasteiger partial charge in [-0.3, -0.25) is 4.79 Å². The maximum Gasteiger partial charge on any atom is 0.220 e. The average molecular weight is 314 g/mol. The summed E-state index contributed by atoms with van der Waals surface area (Å²) < 4.78 is 0. The third kappa shape index (κ3) is 4.68. The molecule has 0 aromatic heterocycles. The molecule has 1 aliphatic carbocycles. The zero-order valence-corrected chi connectivity index (χ0v) is 13.1. The van der Waals surface area contributed by atoms with E-state index in [0.717, 1.165) is 18.4 Å². The van der Waals surface area contributed by atoms with Gasteiger partial charge in [0, 0.05) is 22.5 Å². The van der Waals surface area contributed by atoms with Gasteiger partial charge in [-0.25, -0.2) is 0 Å². The molecular weight excluding hydrogens is 293 g/mol. The Morgan fingerprint density at radius 3 is 2.30 bits per heavy atom. The van der Waals surface area contributed by atoms with Gasteiger partial charge in [-0.1, -0.05) is 55.0 Å². The summed E-state index contributed by atoms with van der Waals surface area (Å²) in [5.41, 5.74) is 0.867. The van der Waals surface area contributed by atoms with Gasteiger partial charge in [-0.05, 0) is 37.0 Å². The number of amides is 1. The highest BCUT2D eigenvalue weighted by Gasteiger charge is 2.15. The largest absolute Gasteiger partial charge is 0.353 e. The van der Waals surface area contributed by atoms with Crippen LogP contribution in [0.5, 0.6) is 0 Å². The first kappa shape index (κ1) is 15.7. The molecule has 0 aliphatic heterocycles. The van der Waals surface area contributed by atoms with Gasteiger partial charge in [-0.15, -0.1) is 0 Å². The number of rotatable bonds is 4. The molecule has 1 aromatic rings. The van der Waals surface area contributed by atoms with Gasteiger partial charge in [0.1, 0.15) is 0 Å². The van der Waals surface area contributed by atoms with Crippen molar-refractivity contribution < 1.29 is 4.79 Å². The highest BCUT2D eigenvalue weighted by molar-refractivity contribution is 6.36. The molecule has 0 bridgehead atoms. The molecule has 0 saturated heterocycles. The van der Waals surface area contributed by atoms with E-state index in [1.165, 1.54) is 25.7 Å². The van der Waals surface area contributed by atoms with Crippen molar-refractivity contribution in [2.24, 2.45) is 0 Å². The summed E-state index contributed by atoms with van der Waals surface area (Å²) in [6.45, 7) is 0. The molecule has 1 amide bonds. The zero-order valence-electron chi connectivity index (χ0n) is 11.6. The number of benzene rings is 1. The SMILES string of the molecule is O=C(CCc1c(Cl)cccc1Cl)NC1CCCCCC1. The van der Waals surface area contributed by atoms with Crippen molar-refractivity contribution in [1.29, 1.82) is 0 Å². The molecule has 1 aromatic carbocycles. The van der Waals surface area contributed by atoms with Gasteiger partial charge in [0.25, 0.3) is 0 Å². The summed E-state index contributed by atoms with van der Waals surface area (Å²) >= 11 is 12.2. The lowest BCUT2D eigenvalue weighted by molar-refractivity contribution is -0.121. The monoisotopic (exact) mass is 313 g/mol. The molecule has 1 saturated carbocycles. The number of halogens is 2. The first-order chi connectivity index (χ1) is 9.66. The van der Waals surface area contributed by atoms with Crippen LogP contribution in [0, 0.1) is 0 Å². The highest BCUT2D eigenvalue weighted by atomic mass is 35.5. The van der Waals surface area contributed by atoms with Gasteiger partial charge >= 0.3 is 0 Å². The van der Waals surface area contributed by atoms with E-state index in [2.05, 4.69) is 5.32 Å². The van der Waals surface area contributed by atoms with Crippen LogP contribution in [0.15, 0.2) is 18.2 Å². The van der Waals surface area contributed by atoms with E-state index >= 15 is 0 Å². The van der Waals surface area contributed by atoms with Crippen LogP contribution in [-0.4, -0.2) is 11.9 Å². The minimum absolute atomic E-state index is 0.105. The second-order valence-electron chi connectivity index (χ2n) is 5.46. The Bertz CT molecular complexity index is 434. The first-order valence-electron chi connectivity index (χ1n) is 7.39. The summed E-state index contributed by atoms with van der Waals surface area (Å²) in [5, 5.41) is 4.42. The molecule has 2 rings (SSSR count). The molecule has 1 aliphatic rings. The summed E-state index contributed by atoms with van der Waals surface area (Å²) in [6.07, 6.45) is 8.29. The van der Waals surface area contributed by atoms with Crippen LogP contribution in [-0.2, 0) is 11.2 Å².